The van der Waals surface area contributed by atoms with E-state index in [1.807, 2.05) is 22.7 Å². The molecular weight excluding hydrogens is 517 g/mol. The number of pyridine rings is 2. The predicted octanol–water partition coefficient (Wildman–Crippen LogP) is 10.3. The van der Waals surface area contributed by atoms with E-state index in [0.29, 0.717) is 0 Å². The molecule has 7 rings (SSSR count). The van der Waals surface area contributed by atoms with Crippen LogP contribution in [-0.2, 0) is 0 Å². The van der Waals surface area contributed by atoms with Gasteiger partial charge in [-0.3, -0.25) is 9.97 Å². The largest absolute Gasteiger partial charge is 0.250 e. The first-order valence-electron chi connectivity index (χ1n) is 11.6. The lowest BCUT2D eigenvalue weighted by atomic mass is 10.0. The topological polar surface area (TPSA) is 25.8 Å². The Morgan fingerprint density at radius 3 is 1.36 bits per heavy atom. The molecule has 0 bridgehead atoms. The fourth-order valence-corrected chi connectivity index (χ4v) is 8.44. The molecule has 0 unspecified atom stereocenters. The van der Waals surface area contributed by atoms with E-state index in [0.717, 1.165) is 33.2 Å². The van der Waals surface area contributed by atoms with Gasteiger partial charge in [0.25, 0.3) is 0 Å². The van der Waals surface area contributed by atoms with Crippen LogP contribution in [-0.4, -0.2) is 9.97 Å². The van der Waals surface area contributed by atoms with Crippen LogP contribution >= 0.6 is 45.3 Å². The van der Waals surface area contributed by atoms with Crippen LogP contribution in [0.5, 0.6) is 0 Å². The van der Waals surface area contributed by atoms with E-state index in [1.54, 1.807) is 22.7 Å². The zero-order valence-corrected chi connectivity index (χ0v) is 22.9. The number of hydrogen-bond acceptors (Lipinski definition) is 6. The molecule has 0 fully saturated rings. The third-order valence-electron chi connectivity index (χ3n) is 6.42. The molecule has 1 aromatic carbocycles. The van der Waals surface area contributed by atoms with Crippen LogP contribution in [0.2, 0.25) is 0 Å². The third-order valence-corrected chi connectivity index (χ3v) is 10.8. The summed E-state index contributed by atoms with van der Waals surface area (Å²) < 4.78 is 0. The summed E-state index contributed by atoms with van der Waals surface area (Å²) in [6.45, 7) is 4.22. The highest BCUT2D eigenvalue weighted by Crippen LogP contribution is 2.41. The van der Waals surface area contributed by atoms with Gasteiger partial charge >= 0.3 is 0 Å². The van der Waals surface area contributed by atoms with Gasteiger partial charge in [-0.05, 0) is 73.1 Å². The number of aryl methyl sites for hydroxylation is 2. The van der Waals surface area contributed by atoms with Gasteiger partial charge in [0.2, 0.25) is 0 Å². The molecule has 174 valence electrons. The van der Waals surface area contributed by atoms with Gasteiger partial charge in [0, 0.05) is 62.6 Å². The Morgan fingerprint density at radius 2 is 0.944 bits per heavy atom. The third kappa shape index (κ3) is 3.73. The minimum absolute atomic E-state index is 0.976. The molecule has 2 nitrogen and oxygen atoms in total. The van der Waals surface area contributed by atoms with Crippen LogP contribution < -0.4 is 0 Å². The molecule has 0 atom stereocenters. The predicted molar refractivity (Wildman–Crippen MR) is 160 cm³/mol. The summed E-state index contributed by atoms with van der Waals surface area (Å²) in [6.07, 6.45) is 0. The van der Waals surface area contributed by atoms with Crippen LogP contribution in [0.3, 0.4) is 0 Å². The van der Waals surface area contributed by atoms with Crippen molar-refractivity contribution in [2.45, 2.75) is 13.8 Å². The van der Waals surface area contributed by atoms with Crippen LogP contribution in [0.15, 0.2) is 83.6 Å². The molecule has 0 aliphatic rings. The number of aromatic nitrogens is 2. The van der Waals surface area contributed by atoms with Gasteiger partial charge in [-0.2, -0.15) is 0 Å². The average molecular weight is 537 g/mol. The first-order chi connectivity index (χ1) is 17.6. The zero-order valence-electron chi connectivity index (χ0n) is 19.6. The number of nitrogens with zero attached hydrogens (tertiary/aromatic N) is 2. The summed E-state index contributed by atoms with van der Waals surface area (Å²) in [6, 6.07) is 26.4. The normalized spacial score (nSPS) is 11.6. The molecule has 0 amide bonds. The Morgan fingerprint density at radius 1 is 0.500 bits per heavy atom. The Labute approximate surface area is 225 Å². The van der Waals surface area contributed by atoms with Gasteiger partial charge in [0.05, 0.1) is 11.0 Å². The first-order valence-corrected chi connectivity index (χ1v) is 15.0. The number of thiophene rings is 4. The molecule has 0 spiro atoms. The van der Waals surface area contributed by atoms with E-state index >= 15 is 0 Å². The molecule has 0 saturated carbocycles. The van der Waals surface area contributed by atoms with Crippen molar-refractivity contribution in [2.75, 3.05) is 0 Å². The molecule has 6 aromatic heterocycles. The lowest BCUT2D eigenvalue weighted by Crippen LogP contribution is -1.94. The van der Waals surface area contributed by atoms with Crippen molar-refractivity contribution in [3.05, 3.63) is 94.9 Å². The van der Waals surface area contributed by atoms with Gasteiger partial charge in [-0.25, -0.2) is 0 Å². The van der Waals surface area contributed by atoms with Gasteiger partial charge in [-0.15, -0.1) is 45.3 Å². The van der Waals surface area contributed by atoms with E-state index in [9.17, 15) is 0 Å². The second kappa shape index (κ2) is 8.75. The quantitative estimate of drug-likeness (QED) is 0.209. The molecule has 7 aromatic rings. The molecule has 0 radical (unpaired) electrons. The molecule has 0 N–H and O–H groups in total. The zero-order chi connectivity index (χ0) is 24.2. The molecule has 0 saturated heterocycles. The SMILES string of the molecule is Cc1nc2c(ccc3cc(-c4ccc(-c5cccs5)s4)c(C)nc32)cc1-c1ccc(-c2cccs2)s1. The first kappa shape index (κ1) is 22.1. The highest BCUT2D eigenvalue weighted by Gasteiger charge is 2.15. The molecular formula is C30H20N2S4. The fraction of sp³-hybridized carbons (Fsp3) is 0.0667. The van der Waals surface area contributed by atoms with E-state index in [2.05, 4.69) is 97.4 Å². The van der Waals surface area contributed by atoms with Gasteiger partial charge in [0.1, 0.15) is 0 Å². The smallest absolute Gasteiger partial charge is 0.0968 e. The maximum absolute atomic E-state index is 5.08. The van der Waals surface area contributed by atoms with Crippen LogP contribution in [0.1, 0.15) is 11.4 Å². The van der Waals surface area contributed by atoms with E-state index in [1.165, 1.54) is 40.4 Å². The van der Waals surface area contributed by atoms with E-state index in [-0.39, 0.29) is 0 Å². The van der Waals surface area contributed by atoms with Crippen molar-refractivity contribution in [3.8, 4) is 40.4 Å². The van der Waals surface area contributed by atoms with Crippen molar-refractivity contribution >= 4 is 67.2 Å². The molecule has 0 aliphatic carbocycles. The highest BCUT2D eigenvalue weighted by molar-refractivity contribution is 7.23. The number of hydrogen-bond donors (Lipinski definition) is 0. The van der Waals surface area contributed by atoms with E-state index in [4.69, 9.17) is 9.97 Å². The maximum Gasteiger partial charge on any atom is 0.0968 e. The van der Waals surface area contributed by atoms with Crippen molar-refractivity contribution in [1.29, 1.82) is 0 Å². The monoisotopic (exact) mass is 536 g/mol. The Kier molecular flexibility index (Phi) is 5.36. The van der Waals surface area contributed by atoms with E-state index < -0.39 is 0 Å². The standard InChI is InChI=1S/C30H20N2S4/c1-17-21(23-9-11-27(35-23)25-5-3-13-33-25)15-19-7-8-20-16-22(18(2)32-30(20)29(19)31-17)24-10-12-28(36-24)26-6-4-14-34-26/h3-16H,1-2H3. The summed E-state index contributed by atoms with van der Waals surface area (Å²) in [7, 11) is 0. The summed E-state index contributed by atoms with van der Waals surface area (Å²) >= 11 is 7.22. The molecule has 0 aliphatic heterocycles. The summed E-state index contributed by atoms with van der Waals surface area (Å²) in [4.78, 5) is 17.9. The minimum atomic E-state index is 0.976. The lowest BCUT2D eigenvalue weighted by molar-refractivity contribution is 1.23. The summed E-state index contributed by atoms with van der Waals surface area (Å²) in [5.74, 6) is 0. The fourth-order valence-electron chi connectivity index (χ4n) is 4.62. The van der Waals surface area contributed by atoms with Crippen LogP contribution in [0.25, 0.3) is 62.2 Å². The Balaban J connectivity index is 1.31. The average Bonchev–Trinajstić information content (AvgIpc) is 3.69. The van der Waals surface area contributed by atoms with Crippen molar-refractivity contribution in [1.82, 2.24) is 9.97 Å². The Bertz CT molecular complexity index is 1720. The summed E-state index contributed by atoms with van der Waals surface area (Å²) in [5.41, 5.74) is 6.42. The number of fused-ring (bicyclic) bond motifs is 3. The molecule has 36 heavy (non-hydrogen) atoms. The second-order valence-corrected chi connectivity index (χ2v) is 12.8. The minimum Gasteiger partial charge on any atom is -0.250 e. The lowest BCUT2D eigenvalue weighted by Gasteiger charge is -2.10. The number of benzene rings is 1. The van der Waals surface area contributed by atoms with Crippen LogP contribution in [0.4, 0.5) is 0 Å². The van der Waals surface area contributed by atoms with Crippen LogP contribution in [0, 0.1) is 13.8 Å². The molecule has 6 heteroatoms. The second-order valence-electron chi connectivity index (χ2n) is 8.73. The van der Waals surface area contributed by atoms with Gasteiger partial charge in [-0.1, -0.05) is 24.3 Å². The molecule has 6 heterocycles. The maximum atomic E-state index is 5.08. The van der Waals surface area contributed by atoms with Crippen molar-refractivity contribution in [2.24, 2.45) is 0 Å². The van der Waals surface area contributed by atoms with Gasteiger partial charge < -0.3 is 0 Å². The number of rotatable bonds is 4. The van der Waals surface area contributed by atoms with Crippen molar-refractivity contribution < 1.29 is 0 Å². The van der Waals surface area contributed by atoms with Gasteiger partial charge in [0.15, 0.2) is 0 Å². The van der Waals surface area contributed by atoms with Crippen molar-refractivity contribution in [3.63, 3.8) is 0 Å². The summed E-state index contributed by atoms with van der Waals surface area (Å²) in [5, 5.41) is 6.52. The Hall–Kier alpha value is -3.16. The highest BCUT2D eigenvalue weighted by atomic mass is 32.1.